The van der Waals surface area contributed by atoms with Crippen molar-refractivity contribution in [2.75, 3.05) is 0 Å². The minimum Gasteiger partial charge on any atom is -0.444 e. The molecule has 1 aliphatic carbocycles. The second-order valence-electron chi connectivity index (χ2n) is 9.09. The van der Waals surface area contributed by atoms with Gasteiger partial charge in [-0.25, -0.2) is 4.79 Å². The van der Waals surface area contributed by atoms with Crippen LogP contribution < -0.4 is 5.32 Å². The third-order valence-corrected chi connectivity index (χ3v) is 5.53. The summed E-state index contributed by atoms with van der Waals surface area (Å²) in [6, 6.07) is 6.23. The predicted octanol–water partition coefficient (Wildman–Crippen LogP) is 4.48. The van der Waals surface area contributed by atoms with Crippen LogP contribution in [0.5, 0.6) is 0 Å². The molecule has 2 heterocycles. The Hall–Kier alpha value is -2.90. The molecule has 1 amide bonds. The Kier molecular flexibility index (Phi) is 5.26. The van der Waals surface area contributed by atoms with Gasteiger partial charge in [0, 0.05) is 30.0 Å². The smallest absolute Gasteiger partial charge is 0.407 e. The lowest BCUT2D eigenvalue weighted by atomic mass is 9.86. The summed E-state index contributed by atoms with van der Waals surface area (Å²) in [7, 11) is 1.94. The maximum Gasteiger partial charge on any atom is 0.407 e. The molecule has 0 aliphatic heterocycles. The molecule has 1 fully saturated rings. The monoisotopic (exact) mass is 411 g/mol. The molecule has 0 radical (unpaired) electrons. The summed E-state index contributed by atoms with van der Waals surface area (Å²) in [5, 5.41) is 12.8. The predicted molar refractivity (Wildman–Crippen MR) is 113 cm³/mol. The molecule has 0 unspecified atom stereocenters. The van der Waals surface area contributed by atoms with Gasteiger partial charge in [0.25, 0.3) is 0 Å². The Morgan fingerprint density at radius 2 is 1.97 bits per heavy atom. The summed E-state index contributed by atoms with van der Waals surface area (Å²) >= 11 is 0. The van der Waals surface area contributed by atoms with E-state index < -0.39 is 5.60 Å². The minimum atomic E-state index is -0.487. The van der Waals surface area contributed by atoms with E-state index in [9.17, 15) is 4.79 Å². The lowest BCUT2D eigenvalue weighted by Gasteiger charge is -2.28. The normalized spacial score (nSPS) is 19.8. The first-order valence-electron chi connectivity index (χ1n) is 10.5. The SMILES string of the molecule is Cc1nn(C)c2cc(-c3noc([C@H]4CC[C@H](NC(=O)OC(C)(C)C)CC4)n3)ccc12. The third-order valence-electron chi connectivity index (χ3n) is 5.53. The number of carbonyl (C=O) groups excluding carboxylic acids is 1. The van der Waals surface area contributed by atoms with Crippen molar-refractivity contribution in [3.63, 3.8) is 0 Å². The summed E-state index contributed by atoms with van der Waals surface area (Å²) in [4.78, 5) is 16.6. The Morgan fingerprint density at radius 1 is 1.23 bits per heavy atom. The number of fused-ring (bicyclic) bond motifs is 1. The summed E-state index contributed by atoms with van der Waals surface area (Å²) in [5.74, 6) is 1.48. The number of rotatable bonds is 3. The maximum absolute atomic E-state index is 12.0. The maximum atomic E-state index is 12.0. The highest BCUT2D eigenvalue weighted by molar-refractivity contribution is 5.85. The van der Waals surface area contributed by atoms with Crippen molar-refractivity contribution >= 4 is 17.0 Å². The van der Waals surface area contributed by atoms with E-state index >= 15 is 0 Å². The zero-order valence-electron chi connectivity index (χ0n) is 18.2. The van der Waals surface area contributed by atoms with Gasteiger partial charge in [0.05, 0.1) is 11.2 Å². The fraction of sp³-hybridized carbons (Fsp3) is 0.545. The molecule has 0 spiro atoms. The van der Waals surface area contributed by atoms with Crippen molar-refractivity contribution in [2.45, 2.75) is 70.9 Å². The molecule has 2 aromatic heterocycles. The number of amides is 1. The van der Waals surface area contributed by atoms with Crippen LogP contribution in [-0.4, -0.2) is 37.7 Å². The number of hydrogen-bond acceptors (Lipinski definition) is 6. The summed E-state index contributed by atoms with van der Waals surface area (Å²) in [6.45, 7) is 7.60. The second-order valence-corrected chi connectivity index (χ2v) is 9.09. The fourth-order valence-corrected chi connectivity index (χ4v) is 4.05. The van der Waals surface area contributed by atoms with Gasteiger partial charge >= 0.3 is 6.09 Å². The number of aryl methyl sites for hydroxylation is 2. The molecule has 0 saturated heterocycles. The molecule has 8 nitrogen and oxygen atoms in total. The van der Waals surface area contributed by atoms with Crippen LogP contribution in [0.2, 0.25) is 0 Å². The first-order valence-corrected chi connectivity index (χ1v) is 10.5. The summed E-state index contributed by atoms with van der Waals surface area (Å²) < 4.78 is 12.8. The molecule has 0 bridgehead atoms. The van der Waals surface area contributed by atoms with Crippen molar-refractivity contribution < 1.29 is 14.1 Å². The molecule has 1 aromatic carbocycles. The van der Waals surface area contributed by atoms with Gasteiger partial charge in [-0.3, -0.25) is 4.68 Å². The van der Waals surface area contributed by atoms with E-state index in [2.05, 4.69) is 26.6 Å². The van der Waals surface area contributed by atoms with E-state index in [-0.39, 0.29) is 18.1 Å². The van der Waals surface area contributed by atoms with Gasteiger partial charge in [-0.1, -0.05) is 17.3 Å². The number of hydrogen-bond donors (Lipinski definition) is 1. The second kappa shape index (κ2) is 7.74. The van der Waals surface area contributed by atoms with E-state index in [4.69, 9.17) is 9.26 Å². The standard InChI is InChI=1S/C22H29N5O3/c1-13-17-11-8-15(12-18(17)27(5)25-13)19-24-20(30-26-19)14-6-9-16(10-7-14)23-21(28)29-22(2,3)4/h8,11-12,14,16H,6-7,9-10H2,1-5H3,(H,23,28)/t14-,16-. The summed E-state index contributed by atoms with van der Waals surface area (Å²) in [6.07, 6.45) is 3.15. The molecular weight excluding hydrogens is 382 g/mol. The molecule has 160 valence electrons. The van der Waals surface area contributed by atoms with Crippen LogP contribution in [0.1, 0.15) is 64.0 Å². The van der Waals surface area contributed by atoms with Crippen LogP contribution in [-0.2, 0) is 11.8 Å². The first-order chi connectivity index (χ1) is 14.2. The Morgan fingerprint density at radius 3 is 2.67 bits per heavy atom. The number of benzene rings is 1. The third kappa shape index (κ3) is 4.32. The Balaban J connectivity index is 1.39. The summed E-state index contributed by atoms with van der Waals surface area (Å²) in [5.41, 5.74) is 2.48. The number of aromatic nitrogens is 4. The van der Waals surface area contributed by atoms with Crippen molar-refractivity contribution in [1.29, 1.82) is 0 Å². The highest BCUT2D eigenvalue weighted by Gasteiger charge is 2.28. The molecule has 1 saturated carbocycles. The molecule has 1 N–H and O–H groups in total. The van der Waals surface area contributed by atoms with E-state index in [1.165, 1.54) is 0 Å². The molecule has 0 atom stereocenters. The fourth-order valence-electron chi connectivity index (χ4n) is 4.05. The average Bonchev–Trinajstić information content (AvgIpc) is 3.26. The van der Waals surface area contributed by atoms with Crippen LogP contribution in [0.3, 0.4) is 0 Å². The molecule has 8 heteroatoms. The highest BCUT2D eigenvalue weighted by atomic mass is 16.6. The van der Waals surface area contributed by atoms with Gasteiger partial charge in [-0.2, -0.15) is 10.1 Å². The van der Waals surface area contributed by atoms with Gasteiger partial charge < -0.3 is 14.6 Å². The number of ether oxygens (including phenoxy) is 1. The van der Waals surface area contributed by atoms with Crippen LogP contribution in [0, 0.1) is 6.92 Å². The van der Waals surface area contributed by atoms with Gasteiger partial charge in [0.15, 0.2) is 0 Å². The van der Waals surface area contributed by atoms with E-state index in [1.807, 2.05) is 51.6 Å². The number of carbonyl (C=O) groups is 1. The zero-order valence-corrected chi connectivity index (χ0v) is 18.2. The Bertz CT molecular complexity index is 1050. The number of nitrogens with zero attached hydrogens (tertiary/aromatic N) is 4. The van der Waals surface area contributed by atoms with E-state index in [0.29, 0.717) is 11.7 Å². The van der Waals surface area contributed by atoms with E-state index in [0.717, 1.165) is 47.8 Å². The zero-order chi connectivity index (χ0) is 21.5. The average molecular weight is 412 g/mol. The van der Waals surface area contributed by atoms with Crippen molar-refractivity contribution in [1.82, 2.24) is 25.2 Å². The molecule has 3 aromatic rings. The van der Waals surface area contributed by atoms with Crippen LogP contribution in [0.25, 0.3) is 22.3 Å². The first kappa shape index (κ1) is 20.4. The topological polar surface area (TPSA) is 95.1 Å². The van der Waals surface area contributed by atoms with Gasteiger partial charge in [0.2, 0.25) is 11.7 Å². The minimum absolute atomic E-state index is 0.119. The Labute approximate surface area is 176 Å². The van der Waals surface area contributed by atoms with Crippen molar-refractivity contribution in [3.8, 4) is 11.4 Å². The quantitative estimate of drug-likeness (QED) is 0.683. The van der Waals surface area contributed by atoms with Gasteiger partial charge in [0.1, 0.15) is 5.60 Å². The molecule has 4 rings (SSSR count). The largest absolute Gasteiger partial charge is 0.444 e. The van der Waals surface area contributed by atoms with Crippen LogP contribution in [0.4, 0.5) is 4.79 Å². The highest BCUT2D eigenvalue weighted by Crippen LogP contribution is 2.33. The van der Waals surface area contributed by atoms with Gasteiger partial charge in [-0.05, 0) is 59.4 Å². The lowest BCUT2D eigenvalue weighted by Crippen LogP contribution is -2.40. The number of alkyl carbamates (subject to hydrolysis) is 1. The molecular formula is C22H29N5O3. The molecule has 1 aliphatic rings. The van der Waals surface area contributed by atoms with Crippen LogP contribution in [0.15, 0.2) is 22.7 Å². The lowest BCUT2D eigenvalue weighted by molar-refractivity contribution is 0.0490. The number of nitrogens with one attached hydrogen (secondary N) is 1. The van der Waals surface area contributed by atoms with Crippen molar-refractivity contribution in [3.05, 3.63) is 29.8 Å². The van der Waals surface area contributed by atoms with Crippen LogP contribution >= 0.6 is 0 Å². The molecule has 30 heavy (non-hydrogen) atoms. The van der Waals surface area contributed by atoms with E-state index in [1.54, 1.807) is 0 Å². The van der Waals surface area contributed by atoms with Crippen molar-refractivity contribution in [2.24, 2.45) is 7.05 Å². The van der Waals surface area contributed by atoms with Gasteiger partial charge in [-0.15, -0.1) is 0 Å².